The molecular formula is C7H13N3O2. The maximum Gasteiger partial charge on any atom is 0.242 e. The molecule has 5 heteroatoms. The number of rotatable bonds is 3. The lowest BCUT2D eigenvalue weighted by Crippen LogP contribution is -2.43. The van der Waals surface area contributed by atoms with Gasteiger partial charge >= 0.3 is 0 Å². The third-order valence-electron chi connectivity index (χ3n) is 1.76. The monoisotopic (exact) mass is 171 g/mol. The average Bonchev–Trinajstić information content (AvgIpc) is 2.47. The first-order chi connectivity index (χ1) is 5.74. The zero-order chi connectivity index (χ0) is 8.97. The van der Waals surface area contributed by atoms with Gasteiger partial charge in [0, 0.05) is 19.5 Å². The van der Waals surface area contributed by atoms with Crippen molar-refractivity contribution in [1.29, 1.82) is 0 Å². The van der Waals surface area contributed by atoms with Crippen LogP contribution in [0.4, 0.5) is 0 Å². The van der Waals surface area contributed by atoms with E-state index < -0.39 is 0 Å². The summed E-state index contributed by atoms with van der Waals surface area (Å²) in [6.07, 6.45) is 1.04. The van der Waals surface area contributed by atoms with Crippen LogP contribution < -0.4 is 16.4 Å². The molecule has 0 spiro atoms. The van der Waals surface area contributed by atoms with E-state index in [0.717, 1.165) is 0 Å². The Hall–Kier alpha value is -1.10. The minimum Gasteiger partial charge on any atom is -0.353 e. The fourth-order valence-corrected chi connectivity index (χ4v) is 1.13. The third kappa shape index (κ3) is 2.20. The van der Waals surface area contributed by atoms with Crippen molar-refractivity contribution in [3.63, 3.8) is 0 Å². The van der Waals surface area contributed by atoms with Gasteiger partial charge in [-0.05, 0) is 6.42 Å². The van der Waals surface area contributed by atoms with Gasteiger partial charge in [0.15, 0.2) is 0 Å². The summed E-state index contributed by atoms with van der Waals surface area (Å²) in [7, 11) is 0. The molecule has 0 radical (unpaired) electrons. The van der Waals surface area contributed by atoms with Crippen molar-refractivity contribution in [2.45, 2.75) is 18.9 Å². The van der Waals surface area contributed by atoms with Crippen molar-refractivity contribution < 1.29 is 9.59 Å². The zero-order valence-corrected chi connectivity index (χ0v) is 6.80. The summed E-state index contributed by atoms with van der Waals surface area (Å²) in [6, 6.07) is -0.343. The fraction of sp³-hybridized carbons (Fsp3) is 0.714. The summed E-state index contributed by atoms with van der Waals surface area (Å²) >= 11 is 0. The summed E-state index contributed by atoms with van der Waals surface area (Å²) in [6.45, 7) is 0.887. The van der Waals surface area contributed by atoms with Gasteiger partial charge in [-0.2, -0.15) is 0 Å². The van der Waals surface area contributed by atoms with Crippen LogP contribution in [-0.4, -0.2) is 30.9 Å². The van der Waals surface area contributed by atoms with Crippen LogP contribution in [0.3, 0.4) is 0 Å². The number of hydrogen-bond acceptors (Lipinski definition) is 3. The van der Waals surface area contributed by atoms with E-state index in [1.165, 1.54) is 0 Å². The van der Waals surface area contributed by atoms with Gasteiger partial charge in [0.05, 0.1) is 0 Å². The molecule has 1 atom stereocenters. The number of nitrogens with two attached hydrogens (primary N) is 1. The van der Waals surface area contributed by atoms with Crippen LogP contribution in [0.25, 0.3) is 0 Å². The number of nitrogens with one attached hydrogen (secondary N) is 2. The first-order valence-corrected chi connectivity index (χ1v) is 4.01. The molecule has 0 bridgehead atoms. The molecule has 1 rings (SSSR count). The van der Waals surface area contributed by atoms with E-state index in [9.17, 15) is 9.59 Å². The van der Waals surface area contributed by atoms with Crippen molar-refractivity contribution >= 4 is 11.8 Å². The highest BCUT2D eigenvalue weighted by Crippen LogP contribution is 2.05. The molecule has 0 aromatic carbocycles. The van der Waals surface area contributed by atoms with Crippen LogP contribution in [0.15, 0.2) is 0 Å². The van der Waals surface area contributed by atoms with Crippen molar-refractivity contribution in [2.24, 2.45) is 5.73 Å². The van der Waals surface area contributed by atoms with E-state index in [1.807, 2.05) is 0 Å². The molecule has 0 aromatic rings. The number of carbonyl (C=O) groups is 2. The second-order valence-electron chi connectivity index (χ2n) is 2.74. The molecule has 1 unspecified atom stereocenters. The van der Waals surface area contributed by atoms with Gasteiger partial charge in [-0.25, -0.2) is 0 Å². The Balaban J connectivity index is 2.28. The lowest BCUT2D eigenvalue weighted by atomic mass is 10.2. The molecule has 5 nitrogen and oxygen atoms in total. The smallest absolute Gasteiger partial charge is 0.242 e. The number of carbonyl (C=O) groups excluding carboxylic acids is 2. The second-order valence-corrected chi connectivity index (χ2v) is 2.74. The molecule has 0 saturated carbocycles. The third-order valence-corrected chi connectivity index (χ3v) is 1.76. The second kappa shape index (κ2) is 4.06. The van der Waals surface area contributed by atoms with E-state index >= 15 is 0 Å². The molecular weight excluding hydrogens is 158 g/mol. The Morgan fingerprint density at radius 3 is 3.00 bits per heavy atom. The fourth-order valence-electron chi connectivity index (χ4n) is 1.13. The zero-order valence-electron chi connectivity index (χ0n) is 6.80. The van der Waals surface area contributed by atoms with Gasteiger partial charge in [-0.1, -0.05) is 0 Å². The van der Waals surface area contributed by atoms with E-state index in [4.69, 9.17) is 5.73 Å². The Bertz CT molecular complexity index is 193. The molecule has 1 aliphatic rings. The Morgan fingerprint density at radius 1 is 1.75 bits per heavy atom. The van der Waals surface area contributed by atoms with Gasteiger partial charge in [0.25, 0.3) is 0 Å². The van der Waals surface area contributed by atoms with Crippen molar-refractivity contribution in [3.05, 3.63) is 0 Å². The number of amides is 2. The van der Waals surface area contributed by atoms with E-state index in [1.54, 1.807) is 0 Å². The van der Waals surface area contributed by atoms with Gasteiger partial charge < -0.3 is 16.4 Å². The maximum absolute atomic E-state index is 11.2. The van der Waals surface area contributed by atoms with Crippen molar-refractivity contribution in [3.8, 4) is 0 Å². The molecule has 12 heavy (non-hydrogen) atoms. The molecule has 1 fully saturated rings. The van der Waals surface area contributed by atoms with E-state index in [0.29, 0.717) is 25.9 Å². The summed E-state index contributed by atoms with van der Waals surface area (Å²) in [5, 5.41) is 5.19. The quantitative estimate of drug-likeness (QED) is 0.475. The highest BCUT2D eigenvalue weighted by Gasteiger charge is 2.26. The molecule has 1 heterocycles. The van der Waals surface area contributed by atoms with E-state index in [2.05, 4.69) is 10.6 Å². The summed E-state index contributed by atoms with van der Waals surface area (Å²) < 4.78 is 0. The Labute approximate surface area is 70.7 Å². The summed E-state index contributed by atoms with van der Waals surface area (Å²) in [5.41, 5.74) is 5.20. The lowest BCUT2D eigenvalue weighted by molar-refractivity contribution is -0.125. The average molecular weight is 171 g/mol. The molecule has 2 amide bonds. The highest BCUT2D eigenvalue weighted by atomic mass is 16.2. The van der Waals surface area contributed by atoms with Crippen LogP contribution in [0.5, 0.6) is 0 Å². The minimum absolute atomic E-state index is 0.0529. The van der Waals surface area contributed by atoms with Crippen LogP contribution >= 0.6 is 0 Å². The first kappa shape index (κ1) is 8.99. The predicted molar refractivity (Wildman–Crippen MR) is 43.2 cm³/mol. The molecule has 4 N–H and O–H groups in total. The number of hydrogen-bond donors (Lipinski definition) is 3. The SMILES string of the molecule is NCCNC(=O)C1CCC(=O)N1. The highest BCUT2D eigenvalue weighted by molar-refractivity contribution is 5.90. The van der Waals surface area contributed by atoms with Crippen molar-refractivity contribution in [2.75, 3.05) is 13.1 Å². The standard InChI is InChI=1S/C7H13N3O2/c8-3-4-9-7(12)5-1-2-6(11)10-5/h5H,1-4,8H2,(H,9,12)(H,10,11). The molecule has 0 aliphatic carbocycles. The van der Waals surface area contributed by atoms with Gasteiger partial charge in [-0.3, -0.25) is 9.59 Å². The van der Waals surface area contributed by atoms with Gasteiger partial charge in [0.1, 0.15) is 6.04 Å². The normalized spacial score (nSPS) is 22.1. The van der Waals surface area contributed by atoms with Crippen molar-refractivity contribution in [1.82, 2.24) is 10.6 Å². The Morgan fingerprint density at radius 2 is 2.50 bits per heavy atom. The van der Waals surface area contributed by atoms with Crippen LogP contribution in [-0.2, 0) is 9.59 Å². The predicted octanol–water partition coefficient (Wildman–Crippen LogP) is -1.66. The molecule has 1 aliphatic heterocycles. The van der Waals surface area contributed by atoms with E-state index in [-0.39, 0.29) is 17.9 Å². The summed E-state index contributed by atoms with van der Waals surface area (Å²) in [4.78, 5) is 21.9. The van der Waals surface area contributed by atoms with Crippen LogP contribution in [0.1, 0.15) is 12.8 Å². The van der Waals surface area contributed by atoms with Gasteiger partial charge in [0.2, 0.25) is 11.8 Å². The largest absolute Gasteiger partial charge is 0.353 e. The summed E-state index contributed by atoms with van der Waals surface area (Å²) in [5.74, 6) is -0.186. The van der Waals surface area contributed by atoms with Gasteiger partial charge in [-0.15, -0.1) is 0 Å². The maximum atomic E-state index is 11.2. The minimum atomic E-state index is -0.343. The molecule has 1 saturated heterocycles. The van der Waals surface area contributed by atoms with Crippen LogP contribution in [0.2, 0.25) is 0 Å². The molecule has 68 valence electrons. The first-order valence-electron chi connectivity index (χ1n) is 4.01. The van der Waals surface area contributed by atoms with Crippen LogP contribution in [0, 0.1) is 0 Å². The lowest BCUT2D eigenvalue weighted by Gasteiger charge is -2.09. The Kier molecular flexibility index (Phi) is 3.04. The molecule has 0 aromatic heterocycles. The topological polar surface area (TPSA) is 84.2 Å².